The van der Waals surface area contributed by atoms with Gasteiger partial charge in [-0.1, -0.05) is 24.6 Å². The van der Waals surface area contributed by atoms with E-state index in [0.717, 1.165) is 11.1 Å². The molecule has 0 bridgehead atoms. The molecular weight excluding hydrogens is 370 g/mol. The maximum absolute atomic E-state index is 13.5. The van der Waals surface area contributed by atoms with Crippen LogP contribution >= 0.6 is 11.8 Å². The Morgan fingerprint density at radius 2 is 1.82 bits per heavy atom. The van der Waals surface area contributed by atoms with Gasteiger partial charge in [0.2, 0.25) is 0 Å². The molecule has 2 N–H and O–H groups in total. The monoisotopic (exact) mass is 389 g/mol. The number of pyridine rings is 1. The molecule has 0 saturated heterocycles. The molecule has 1 aromatic heterocycles. The van der Waals surface area contributed by atoms with E-state index < -0.39 is 5.56 Å². The molecule has 0 fully saturated rings. The summed E-state index contributed by atoms with van der Waals surface area (Å²) in [7, 11) is 0. The molecule has 0 spiro atoms. The number of nitrogen functional groups attached to an aromatic ring is 1. The van der Waals surface area contributed by atoms with Crippen molar-refractivity contribution in [1.82, 2.24) is 4.57 Å². The fraction of sp³-hybridized carbons (Fsp3) is 0.238. The third-order valence-corrected chi connectivity index (χ3v) is 5.32. The first-order valence-corrected chi connectivity index (χ1v) is 9.51. The van der Waals surface area contributed by atoms with Crippen molar-refractivity contribution in [3.63, 3.8) is 0 Å². The van der Waals surface area contributed by atoms with Crippen molar-refractivity contribution in [3.8, 4) is 23.9 Å². The van der Waals surface area contributed by atoms with Crippen molar-refractivity contribution in [1.29, 1.82) is 15.8 Å². The van der Waals surface area contributed by atoms with Crippen molar-refractivity contribution in [2.75, 3.05) is 11.5 Å². The van der Waals surface area contributed by atoms with Gasteiger partial charge in [-0.3, -0.25) is 9.36 Å². The lowest BCUT2D eigenvalue weighted by Crippen LogP contribution is -2.28. The van der Waals surface area contributed by atoms with E-state index in [4.69, 9.17) is 5.73 Å². The molecule has 0 saturated carbocycles. The predicted molar refractivity (Wildman–Crippen MR) is 112 cm³/mol. The Balaban J connectivity index is 3.08. The molecule has 6 nitrogen and oxygen atoms in total. The number of aromatic nitrogens is 1. The van der Waals surface area contributed by atoms with Crippen LogP contribution in [0, 0.1) is 54.8 Å². The Hall–Kier alpha value is -3.47. The standard InChI is InChI=1S/C21H19N5OS/c1-5-28-19(15(9-22)10-23)18-14(4)16(11-24)20(25)26(21(18)27)17-7-6-12(2)8-13(17)3/h6-8H,5,25H2,1-4H3. The average Bonchev–Trinajstić information content (AvgIpc) is 2.64. The summed E-state index contributed by atoms with van der Waals surface area (Å²) in [4.78, 5) is 13.7. The highest BCUT2D eigenvalue weighted by molar-refractivity contribution is 8.08. The number of rotatable bonds is 4. The summed E-state index contributed by atoms with van der Waals surface area (Å²) < 4.78 is 1.29. The van der Waals surface area contributed by atoms with Gasteiger partial charge in [0.1, 0.15) is 29.6 Å². The lowest BCUT2D eigenvalue weighted by atomic mass is 10.0. The summed E-state index contributed by atoms with van der Waals surface area (Å²) >= 11 is 1.22. The number of benzene rings is 1. The molecular formula is C21H19N5OS. The van der Waals surface area contributed by atoms with Crippen LogP contribution in [-0.2, 0) is 0 Å². The van der Waals surface area contributed by atoms with Gasteiger partial charge in [-0.05, 0) is 43.7 Å². The maximum Gasteiger partial charge on any atom is 0.265 e. The fourth-order valence-electron chi connectivity index (χ4n) is 3.05. The van der Waals surface area contributed by atoms with Gasteiger partial charge in [-0.25, -0.2) is 0 Å². The van der Waals surface area contributed by atoms with Gasteiger partial charge < -0.3 is 5.73 Å². The quantitative estimate of drug-likeness (QED) is 0.796. The second-order valence-corrected chi connectivity index (χ2v) is 7.44. The molecule has 2 rings (SSSR count). The van der Waals surface area contributed by atoms with Crippen LogP contribution < -0.4 is 11.3 Å². The van der Waals surface area contributed by atoms with Crippen LogP contribution in [0.25, 0.3) is 10.6 Å². The number of nitriles is 3. The van der Waals surface area contributed by atoms with Gasteiger partial charge >= 0.3 is 0 Å². The predicted octanol–water partition coefficient (Wildman–Crippen LogP) is 3.73. The Morgan fingerprint density at radius 1 is 1.18 bits per heavy atom. The van der Waals surface area contributed by atoms with Crippen LogP contribution in [0.4, 0.5) is 5.82 Å². The molecule has 0 amide bonds. The maximum atomic E-state index is 13.5. The minimum absolute atomic E-state index is 0.0389. The number of nitrogens with zero attached hydrogens (tertiary/aromatic N) is 4. The molecule has 0 aliphatic heterocycles. The van der Waals surface area contributed by atoms with Crippen molar-refractivity contribution in [3.05, 3.63) is 61.9 Å². The van der Waals surface area contributed by atoms with E-state index in [2.05, 4.69) is 6.07 Å². The van der Waals surface area contributed by atoms with Crippen LogP contribution in [0.5, 0.6) is 0 Å². The molecule has 0 atom stereocenters. The van der Waals surface area contributed by atoms with Gasteiger partial charge in [0.15, 0.2) is 0 Å². The van der Waals surface area contributed by atoms with Crippen molar-refractivity contribution >= 4 is 22.5 Å². The Kier molecular flexibility index (Phi) is 6.31. The summed E-state index contributed by atoms with van der Waals surface area (Å²) in [5.41, 5.74) is 8.67. The molecule has 1 aromatic carbocycles. The number of aryl methyl sites for hydroxylation is 2. The minimum Gasteiger partial charge on any atom is -0.384 e. The number of anilines is 1. The third kappa shape index (κ3) is 3.51. The van der Waals surface area contributed by atoms with Crippen molar-refractivity contribution in [2.24, 2.45) is 0 Å². The zero-order valence-corrected chi connectivity index (χ0v) is 16.9. The summed E-state index contributed by atoms with van der Waals surface area (Å²) in [6.07, 6.45) is 0. The third-order valence-electron chi connectivity index (χ3n) is 4.34. The highest BCUT2D eigenvalue weighted by Gasteiger charge is 2.24. The topological polar surface area (TPSA) is 119 Å². The summed E-state index contributed by atoms with van der Waals surface area (Å²) in [5, 5.41) is 28.4. The van der Waals surface area contributed by atoms with Crippen LogP contribution in [0.3, 0.4) is 0 Å². The molecule has 0 aliphatic rings. The molecule has 1 heterocycles. The van der Waals surface area contributed by atoms with Crippen LogP contribution in [0.15, 0.2) is 28.6 Å². The second-order valence-electron chi connectivity index (χ2n) is 6.16. The highest BCUT2D eigenvalue weighted by Crippen LogP contribution is 2.34. The first kappa shape index (κ1) is 20.8. The Labute approximate surface area is 168 Å². The number of hydrogen-bond acceptors (Lipinski definition) is 6. The normalized spacial score (nSPS) is 9.89. The van der Waals surface area contributed by atoms with E-state index in [1.165, 1.54) is 16.3 Å². The van der Waals surface area contributed by atoms with E-state index in [1.807, 2.05) is 45.0 Å². The zero-order chi connectivity index (χ0) is 21.0. The van der Waals surface area contributed by atoms with Crippen molar-refractivity contribution < 1.29 is 0 Å². The van der Waals surface area contributed by atoms with E-state index in [0.29, 0.717) is 17.0 Å². The number of nitrogens with two attached hydrogens (primary N) is 1. The molecule has 28 heavy (non-hydrogen) atoms. The van der Waals surface area contributed by atoms with Gasteiger partial charge in [-0.2, -0.15) is 15.8 Å². The SMILES string of the molecule is CCSC(=C(C#N)C#N)c1c(C)c(C#N)c(N)n(-c2ccc(C)cc2C)c1=O. The fourth-order valence-corrected chi connectivity index (χ4v) is 3.96. The first-order valence-electron chi connectivity index (χ1n) is 8.52. The first-order chi connectivity index (χ1) is 13.3. The van der Waals surface area contributed by atoms with Crippen LogP contribution in [0.2, 0.25) is 0 Å². The Morgan fingerprint density at radius 3 is 2.32 bits per heavy atom. The van der Waals surface area contributed by atoms with E-state index in [-0.39, 0.29) is 27.4 Å². The Bertz CT molecular complexity index is 1150. The average molecular weight is 389 g/mol. The lowest BCUT2D eigenvalue weighted by molar-refractivity contribution is 0.971. The van der Waals surface area contributed by atoms with E-state index >= 15 is 0 Å². The largest absolute Gasteiger partial charge is 0.384 e. The summed E-state index contributed by atoms with van der Waals surface area (Å²) in [6.45, 7) is 7.26. The van der Waals surface area contributed by atoms with Gasteiger partial charge in [-0.15, -0.1) is 11.8 Å². The smallest absolute Gasteiger partial charge is 0.265 e. The number of allylic oxidation sites excluding steroid dienone is 1. The molecule has 2 aromatic rings. The molecule has 0 aliphatic carbocycles. The van der Waals surface area contributed by atoms with E-state index in [9.17, 15) is 20.6 Å². The van der Waals surface area contributed by atoms with Crippen molar-refractivity contribution in [2.45, 2.75) is 27.7 Å². The molecule has 0 radical (unpaired) electrons. The minimum atomic E-state index is -0.458. The second kappa shape index (κ2) is 8.48. The molecule has 0 unspecified atom stereocenters. The van der Waals surface area contributed by atoms with Gasteiger partial charge in [0, 0.05) is 4.91 Å². The molecule has 140 valence electrons. The van der Waals surface area contributed by atoms with Crippen LogP contribution in [0.1, 0.15) is 34.7 Å². The zero-order valence-electron chi connectivity index (χ0n) is 16.1. The lowest BCUT2D eigenvalue weighted by Gasteiger charge is -2.19. The van der Waals surface area contributed by atoms with Crippen LogP contribution in [-0.4, -0.2) is 10.3 Å². The van der Waals surface area contributed by atoms with Gasteiger partial charge in [0.05, 0.1) is 16.8 Å². The van der Waals surface area contributed by atoms with E-state index in [1.54, 1.807) is 13.0 Å². The summed E-state index contributed by atoms with van der Waals surface area (Å²) in [6, 6.07) is 11.3. The number of hydrogen-bond donors (Lipinski definition) is 1. The number of thioether (sulfide) groups is 1. The van der Waals surface area contributed by atoms with Gasteiger partial charge in [0.25, 0.3) is 5.56 Å². The molecule has 7 heteroatoms. The highest BCUT2D eigenvalue weighted by atomic mass is 32.2. The summed E-state index contributed by atoms with van der Waals surface area (Å²) in [5.74, 6) is 0.591.